The van der Waals surface area contributed by atoms with Crippen molar-refractivity contribution < 1.29 is 9.59 Å². The van der Waals surface area contributed by atoms with Crippen LogP contribution in [0.1, 0.15) is 25.7 Å². The molecule has 30 heavy (non-hydrogen) atoms. The molecule has 0 aromatic heterocycles. The second-order valence-electron chi connectivity index (χ2n) is 7.00. The van der Waals surface area contributed by atoms with Gasteiger partial charge in [-0.3, -0.25) is 15.2 Å². The van der Waals surface area contributed by atoms with E-state index in [9.17, 15) is 9.59 Å². The molecule has 0 spiro atoms. The largest absolute Gasteiger partial charge is 0.333 e. The standard InChI is InChI=1S/C20H20Cl4N4O2/c21-12-5-13(22)8-16(7-12)25-20(30)26-18-3-1-2-4-19(18)28(11-29)27-17-9-14(23)6-15(24)10-17/h5-11,18-19,27H,1-4H2,(H2,25,26,30). The van der Waals surface area contributed by atoms with Crippen LogP contribution in [0.5, 0.6) is 0 Å². The number of hydrogen-bond donors (Lipinski definition) is 3. The Morgan fingerprint density at radius 3 is 1.97 bits per heavy atom. The minimum absolute atomic E-state index is 0.247. The van der Waals surface area contributed by atoms with Gasteiger partial charge >= 0.3 is 6.03 Å². The molecule has 10 heteroatoms. The summed E-state index contributed by atoms with van der Waals surface area (Å²) in [6, 6.07) is 8.84. The highest BCUT2D eigenvalue weighted by Crippen LogP contribution is 2.27. The summed E-state index contributed by atoms with van der Waals surface area (Å²) in [4.78, 5) is 24.4. The van der Waals surface area contributed by atoms with Crippen LogP contribution in [0.15, 0.2) is 36.4 Å². The topological polar surface area (TPSA) is 73.5 Å². The average Bonchev–Trinajstić information content (AvgIpc) is 2.65. The first-order valence-corrected chi connectivity index (χ1v) is 10.9. The molecule has 3 amide bonds. The maximum atomic E-state index is 12.5. The molecule has 1 aliphatic rings. The molecule has 1 aliphatic carbocycles. The SMILES string of the molecule is O=CN(Nc1cc(Cl)cc(Cl)c1)C1CCCCC1NC(=O)Nc1cc(Cl)cc(Cl)c1. The van der Waals surface area contributed by atoms with E-state index in [-0.39, 0.29) is 12.1 Å². The van der Waals surface area contributed by atoms with Crippen LogP contribution in [0.3, 0.4) is 0 Å². The molecular formula is C20H20Cl4N4O2. The van der Waals surface area contributed by atoms with Gasteiger partial charge in [0.05, 0.1) is 17.8 Å². The Morgan fingerprint density at radius 2 is 1.40 bits per heavy atom. The Hall–Kier alpha value is -1.86. The summed E-state index contributed by atoms with van der Waals surface area (Å²) in [6.07, 6.45) is 4.05. The molecule has 2 atom stereocenters. The minimum atomic E-state index is -0.401. The number of nitrogens with one attached hydrogen (secondary N) is 3. The normalized spacial score (nSPS) is 18.4. The molecule has 0 radical (unpaired) electrons. The van der Waals surface area contributed by atoms with E-state index < -0.39 is 6.03 Å². The van der Waals surface area contributed by atoms with Crippen LogP contribution in [0, 0.1) is 0 Å². The lowest BCUT2D eigenvalue weighted by molar-refractivity contribution is -0.119. The summed E-state index contributed by atoms with van der Waals surface area (Å²) in [6.45, 7) is 0. The van der Waals surface area contributed by atoms with Crippen molar-refractivity contribution in [1.82, 2.24) is 10.3 Å². The lowest BCUT2D eigenvalue weighted by Crippen LogP contribution is -2.55. The molecule has 1 fully saturated rings. The predicted octanol–water partition coefficient (Wildman–Crippen LogP) is 6.22. The van der Waals surface area contributed by atoms with E-state index in [1.54, 1.807) is 36.4 Å². The van der Waals surface area contributed by atoms with Gasteiger partial charge in [0.25, 0.3) is 0 Å². The van der Waals surface area contributed by atoms with Crippen molar-refractivity contribution in [2.45, 2.75) is 37.8 Å². The monoisotopic (exact) mass is 488 g/mol. The molecule has 160 valence electrons. The van der Waals surface area contributed by atoms with Crippen LogP contribution in [-0.2, 0) is 4.79 Å². The van der Waals surface area contributed by atoms with Gasteiger partial charge in [-0.15, -0.1) is 0 Å². The van der Waals surface area contributed by atoms with E-state index in [0.29, 0.717) is 37.9 Å². The second-order valence-corrected chi connectivity index (χ2v) is 8.74. The maximum absolute atomic E-state index is 12.5. The highest BCUT2D eigenvalue weighted by molar-refractivity contribution is 6.35. The fourth-order valence-electron chi connectivity index (χ4n) is 3.53. The summed E-state index contributed by atoms with van der Waals surface area (Å²) in [7, 11) is 0. The number of nitrogens with zero attached hydrogens (tertiary/aromatic N) is 1. The van der Waals surface area contributed by atoms with Crippen molar-refractivity contribution in [2.75, 3.05) is 10.7 Å². The Bertz CT molecular complexity index is 887. The van der Waals surface area contributed by atoms with Crippen LogP contribution in [0.25, 0.3) is 0 Å². The van der Waals surface area contributed by atoms with Crippen molar-refractivity contribution in [3.05, 3.63) is 56.5 Å². The van der Waals surface area contributed by atoms with Crippen molar-refractivity contribution >= 4 is 70.2 Å². The fourth-order valence-corrected chi connectivity index (χ4v) is 4.58. The minimum Gasteiger partial charge on any atom is -0.333 e. The number of hydrazine groups is 1. The Balaban J connectivity index is 1.69. The Labute approximate surface area is 194 Å². The highest BCUT2D eigenvalue weighted by atomic mass is 35.5. The third kappa shape index (κ3) is 6.32. The number of halogens is 4. The third-order valence-corrected chi connectivity index (χ3v) is 5.63. The molecule has 6 nitrogen and oxygen atoms in total. The number of urea groups is 1. The van der Waals surface area contributed by atoms with Crippen molar-refractivity contribution in [2.24, 2.45) is 0 Å². The number of rotatable bonds is 6. The fraction of sp³-hybridized carbons (Fsp3) is 0.300. The van der Waals surface area contributed by atoms with E-state index in [4.69, 9.17) is 46.4 Å². The third-order valence-electron chi connectivity index (χ3n) is 4.76. The maximum Gasteiger partial charge on any atom is 0.319 e. The predicted molar refractivity (Wildman–Crippen MR) is 123 cm³/mol. The first-order valence-electron chi connectivity index (χ1n) is 9.34. The number of amides is 3. The molecule has 2 aromatic carbocycles. The zero-order valence-corrected chi connectivity index (χ0v) is 18.8. The molecule has 3 N–H and O–H groups in total. The van der Waals surface area contributed by atoms with E-state index in [1.165, 1.54) is 5.01 Å². The summed E-state index contributed by atoms with van der Waals surface area (Å²) < 4.78 is 0. The number of anilines is 2. The molecule has 3 rings (SSSR count). The van der Waals surface area contributed by atoms with E-state index in [0.717, 1.165) is 25.7 Å². The molecule has 0 heterocycles. The first kappa shape index (κ1) is 22.8. The molecule has 2 aromatic rings. The van der Waals surface area contributed by atoms with Gasteiger partial charge in [0.2, 0.25) is 6.41 Å². The van der Waals surface area contributed by atoms with Gasteiger partial charge in [-0.05, 0) is 49.2 Å². The summed E-state index contributed by atoms with van der Waals surface area (Å²) >= 11 is 24.0. The van der Waals surface area contributed by atoms with Gasteiger partial charge in [0.15, 0.2) is 0 Å². The van der Waals surface area contributed by atoms with Crippen LogP contribution in [0.4, 0.5) is 16.2 Å². The van der Waals surface area contributed by atoms with Gasteiger partial charge in [-0.1, -0.05) is 59.2 Å². The number of benzene rings is 2. The van der Waals surface area contributed by atoms with Gasteiger partial charge in [0, 0.05) is 25.8 Å². The number of carbonyl (C=O) groups excluding carboxylic acids is 2. The number of hydrogen-bond acceptors (Lipinski definition) is 3. The lowest BCUT2D eigenvalue weighted by Gasteiger charge is -2.38. The highest BCUT2D eigenvalue weighted by Gasteiger charge is 2.31. The van der Waals surface area contributed by atoms with Crippen molar-refractivity contribution in [1.29, 1.82) is 0 Å². The summed E-state index contributed by atoms with van der Waals surface area (Å²) in [5, 5.41) is 8.88. The van der Waals surface area contributed by atoms with Gasteiger partial charge in [-0.2, -0.15) is 0 Å². The molecule has 1 saturated carbocycles. The average molecular weight is 490 g/mol. The van der Waals surface area contributed by atoms with Crippen LogP contribution in [0.2, 0.25) is 20.1 Å². The van der Waals surface area contributed by atoms with Crippen molar-refractivity contribution in [3.63, 3.8) is 0 Å². The molecule has 0 saturated heterocycles. The molecule has 0 bridgehead atoms. The lowest BCUT2D eigenvalue weighted by atomic mass is 9.90. The Morgan fingerprint density at radius 1 is 0.867 bits per heavy atom. The summed E-state index contributed by atoms with van der Waals surface area (Å²) in [5.41, 5.74) is 4.11. The molecular weight excluding hydrogens is 470 g/mol. The van der Waals surface area contributed by atoms with E-state index in [1.807, 2.05) is 0 Å². The zero-order valence-electron chi connectivity index (χ0n) is 15.8. The zero-order chi connectivity index (χ0) is 21.7. The van der Waals surface area contributed by atoms with E-state index >= 15 is 0 Å². The van der Waals surface area contributed by atoms with Crippen molar-refractivity contribution in [3.8, 4) is 0 Å². The smallest absolute Gasteiger partial charge is 0.319 e. The summed E-state index contributed by atoms with van der Waals surface area (Å²) in [5.74, 6) is 0. The molecule has 0 aliphatic heterocycles. The quantitative estimate of drug-likeness (QED) is 0.333. The van der Waals surface area contributed by atoms with Gasteiger partial charge < -0.3 is 10.6 Å². The van der Waals surface area contributed by atoms with Crippen LogP contribution in [-0.4, -0.2) is 29.5 Å². The van der Waals surface area contributed by atoms with Gasteiger partial charge in [0.1, 0.15) is 0 Å². The van der Waals surface area contributed by atoms with Crippen LogP contribution >= 0.6 is 46.4 Å². The number of carbonyl (C=O) groups is 2. The second kappa shape index (κ2) is 10.4. The van der Waals surface area contributed by atoms with Gasteiger partial charge in [-0.25, -0.2) is 4.79 Å². The van der Waals surface area contributed by atoms with E-state index in [2.05, 4.69) is 16.1 Å². The Kier molecular flexibility index (Phi) is 7.94. The van der Waals surface area contributed by atoms with Crippen LogP contribution < -0.4 is 16.1 Å². The first-order chi connectivity index (χ1) is 14.3. The molecule has 2 unspecified atom stereocenters.